The summed E-state index contributed by atoms with van der Waals surface area (Å²) in [7, 11) is -0.963. The molecule has 0 aliphatic rings. The summed E-state index contributed by atoms with van der Waals surface area (Å²) in [6.45, 7) is 2.03. The fraction of sp³-hybridized carbons (Fsp3) is 0.545. The number of aromatic amines is 1. The molecular formula is C11H18N4O4S. The van der Waals surface area contributed by atoms with Gasteiger partial charge >= 0.3 is 12.0 Å². The lowest BCUT2D eigenvalue weighted by Crippen LogP contribution is -2.47. The molecule has 2 atom stereocenters. The van der Waals surface area contributed by atoms with Crippen molar-refractivity contribution in [3.63, 3.8) is 0 Å². The maximum absolute atomic E-state index is 11.5. The van der Waals surface area contributed by atoms with Crippen LogP contribution in [0.15, 0.2) is 12.5 Å². The molecule has 0 bridgehead atoms. The number of imidazole rings is 1. The van der Waals surface area contributed by atoms with Gasteiger partial charge in [-0.25, -0.2) is 14.6 Å². The summed E-state index contributed by atoms with van der Waals surface area (Å²) in [5.41, 5.74) is 0.616. The van der Waals surface area contributed by atoms with Gasteiger partial charge in [-0.2, -0.15) is 0 Å². The van der Waals surface area contributed by atoms with Crippen molar-refractivity contribution in [1.82, 2.24) is 20.6 Å². The van der Waals surface area contributed by atoms with Crippen LogP contribution < -0.4 is 10.6 Å². The fourth-order valence-electron chi connectivity index (χ4n) is 1.45. The number of rotatable bonds is 8. The van der Waals surface area contributed by atoms with Gasteiger partial charge in [-0.3, -0.25) is 4.21 Å². The van der Waals surface area contributed by atoms with Gasteiger partial charge < -0.3 is 20.7 Å². The Morgan fingerprint density at radius 1 is 1.55 bits per heavy atom. The number of urea groups is 1. The normalized spacial score (nSPS) is 13.4. The number of aliphatic carboxylic acids is 1. The van der Waals surface area contributed by atoms with Crippen molar-refractivity contribution >= 4 is 22.8 Å². The Kier molecular flexibility index (Phi) is 6.71. The number of H-pyrrole nitrogens is 1. The zero-order valence-electron chi connectivity index (χ0n) is 11.1. The minimum Gasteiger partial charge on any atom is -0.480 e. The van der Waals surface area contributed by atoms with Crippen LogP contribution in [0.25, 0.3) is 0 Å². The second kappa shape index (κ2) is 8.31. The number of hydrogen-bond acceptors (Lipinski definition) is 4. The van der Waals surface area contributed by atoms with Crippen LogP contribution in [0.3, 0.4) is 0 Å². The summed E-state index contributed by atoms with van der Waals surface area (Å²) in [5, 5.41) is 13.9. The van der Waals surface area contributed by atoms with Gasteiger partial charge in [-0.1, -0.05) is 6.92 Å². The Hall–Kier alpha value is -1.90. The van der Waals surface area contributed by atoms with Gasteiger partial charge in [0, 0.05) is 47.2 Å². The Labute approximate surface area is 118 Å². The Balaban J connectivity index is 2.39. The average Bonchev–Trinajstić information content (AvgIpc) is 2.90. The van der Waals surface area contributed by atoms with E-state index in [4.69, 9.17) is 5.11 Å². The quantitative estimate of drug-likeness (QED) is 0.514. The average molecular weight is 302 g/mol. The molecule has 112 valence electrons. The summed E-state index contributed by atoms with van der Waals surface area (Å²) in [4.78, 5) is 29.2. The first kappa shape index (κ1) is 16.2. The number of carbonyl (C=O) groups excluding carboxylic acids is 1. The zero-order valence-corrected chi connectivity index (χ0v) is 11.9. The Morgan fingerprint density at radius 3 is 2.85 bits per heavy atom. The van der Waals surface area contributed by atoms with Crippen LogP contribution in [0.5, 0.6) is 0 Å². The SMILES string of the molecule is CCS(=O)CCNC(=O)N[C@H](Cc1cnc[nH]1)C(=O)O. The maximum Gasteiger partial charge on any atom is 0.326 e. The number of nitrogens with zero attached hydrogens (tertiary/aromatic N) is 1. The summed E-state index contributed by atoms with van der Waals surface area (Å²) < 4.78 is 11.2. The first-order valence-corrected chi connectivity index (χ1v) is 7.61. The Morgan fingerprint density at radius 2 is 2.30 bits per heavy atom. The van der Waals surface area contributed by atoms with E-state index in [0.29, 0.717) is 17.2 Å². The fourth-order valence-corrected chi connectivity index (χ4v) is 2.07. The second-order valence-electron chi connectivity index (χ2n) is 4.00. The zero-order chi connectivity index (χ0) is 15.0. The molecule has 8 nitrogen and oxygen atoms in total. The van der Waals surface area contributed by atoms with Crippen LogP contribution in [-0.2, 0) is 22.0 Å². The molecular weight excluding hydrogens is 284 g/mol. The molecule has 20 heavy (non-hydrogen) atoms. The molecule has 0 saturated carbocycles. The van der Waals surface area contributed by atoms with Crippen molar-refractivity contribution < 1.29 is 18.9 Å². The number of carboxylic acid groups (broad SMARTS) is 1. The molecule has 0 aliphatic heterocycles. The van der Waals surface area contributed by atoms with Gasteiger partial charge in [-0.05, 0) is 0 Å². The lowest BCUT2D eigenvalue weighted by Gasteiger charge is -2.14. The highest BCUT2D eigenvalue weighted by atomic mass is 32.2. The van der Waals surface area contributed by atoms with E-state index in [1.807, 2.05) is 0 Å². The van der Waals surface area contributed by atoms with Crippen molar-refractivity contribution in [3.05, 3.63) is 18.2 Å². The highest BCUT2D eigenvalue weighted by molar-refractivity contribution is 7.84. The van der Waals surface area contributed by atoms with E-state index in [1.54, 1.807) is 6.92 Å². The predicted molar refractivity (Wildman–Crippen MR) is 73.8 cm³/mol. The van der Waals surface area contributed by atoms with Crippen LogP contribution in [0.2, 0.25) is 0 Å². The molecule has 0 fully saturated rings. The number of hydrogen-bond donors (Lipinski definition) is 4. The molecule has 0 aliphatic carbocycles. The third-order valence-corrected chi connectivity index (χ3v) is 3.82. The van der Waals surface area contributed by atoms with Crippen LogP contribution in [0.4, 0.5) is 4.79 Å². The van der Waals surface area contributed by atoms with Crippen molar-refractivity contribution in [3.8, 4) is 0 Å². The van der Waals surface area contributed by atoms with E-state index in [-0.39, 0.29) is 13.0 Å². The molecule has 1 aromatic rings. The van der Waals surface area contributed by atoms with Crippen molar-refractivity contribution in [2.75, 3.05) is 18.1 Å². The molecule has 2 amide bonds. The van der Waals surface area contributed by atoms with E-state index >= 15 is 0 Å². The molecule has 0 aromatic carbocycles. The first-order chi connectivity index (χ1) is 9.52. The summed E-state index contributed by atoms with van der Waals surface area (Å²) >= 11 is 0. The topological polar surface area (TPSA) is 124 Å². The van der Waals surface area contributed by atoms with Gasteiger partial charge in [0.05, 0.1) is 6.33 Å². The maximum atomic E-state index is 11.5. The minimum atomic E-state index is -1.13. The van der Waals surface area contributed by atoms with E-state index in [9.17, 15) is 13.8 Å². The molecule has 1 heterocycles. The van der Waals surface area contributed by atoms with Gasteiger partial charge in [0.25, 0.3) is 0 Å². The van der Waals surface area contributed by atoms with Gasteiger partial charge in [0.15, 0.2) is 0 Å². The molecule has 1 rings (SSSR count). The van der Waals surface area contributed by atoms with E-state index in [2.05, 4.69) is 20.6 Å². The largest absolute Gasteiger partial charge is 0.480 e. The van der Waals surface area contributed by atoms with Crippen LogP contribution in [-0.4, -0.2) is 55.4 Å². The number of nitrogens with one attached hydrogen (secondary N) is 3. The number of amides is 2. The molecule has 9 heteroatoms. The predicted octanol–water partition coefficient (Wildman–Crippen LogP) is -0.527. The van der Waals surface area contributed by atoms with Gasteiger partial charge in [0.1, 0.15) is 6.04 Å². The molecule has 0 saturated heterocycles. The highest BCUT2D eigenvalue weighted by Crippen LogP contribution is 1.98. The van der Waals surface area contributed by atoms with Crippen molar-refractivity contribution in [2.24, 2.45) is 0 Å². The summed E-state index contributed by atoms with van der Waals surface area (Å²) in [6, 6.07) is -1.64. The molecule has 0 radical (unpaired) electrons. The van der Waals surface area contributed by atoms with Crippen LogP contribution in [0, 0.1) is 0 Å². The van der Waals surface area contributed by atoms with E-state index in [1.165, 1.54) is 12.5 Å². The molecule has 0 spiro atoms. The highest BCUT2D eigenvalue weighted by Gasteiger charge is 2.20. The first-order valence-electron chi connectivity index (χ1n) is 6.12. The van der Waals surface area contributed by atoms with E-state index < -0.39 is 28.8 Å². The molecule has 1 unspecified atom stereocenters. The monoisotopic (exact) mass is 302 g/mol. The molecule has 4 N–H and O–H groups in total. The number of aromatic nitrogens is 2. The molecule has 1 aromatic heterocycles. The van der Waals surface area contributed by atoms with Crippen molar-refractivity contribution in [2.45, 2.75) is 19.4 Å². The second-order valence-corrected chi connectivity index (χ2v) is 5.87. The third-order valence-electron chi connectivity index (χ3n) is 2.52. The van der Waals surface area contributed by atoms with Gasteiger partial charge in [0.2, 0.25) is 0 Å². The van der Waals surface area contributed by atoms with Crippen molar-refractivity contribution in [1.29, 1.82) is 0 Å². The van der Waals surface area contributed by atoms with Gasteiger partial charge in [-0.15, -0.1) is 0 Å². The Bertz CT molecular complexity index is 463. The number of carboxylic acids is 1. The minimum absolute atomic E-state index is 0.115. The number of carbonyl (C=O) groups is 2. The third kappa shape index (κ3) is 5.83. The van der Waals surface area contributed by atoms with E-state index in [0.717, 1.165) is 0 Å². The standard InChI is InChI=1S/C11H18N4O4S/c1-2-20(19)4-3-13-11(18)15-9(10(16)17)5-8-6-12-7-14-8/h6-7,9H,2-5H2,1H3,(H,12,14)(H,16,17)(H2,13,15,18)/t9-,20?/m1/s1. The van der Waals surface area contributed by atoms with Crippen LogP contribution in [0.1, 0.15) is 12.6 Å². The smallest absolute Gasteiger partial charge is 0.326 e. The summed E-state index contributed by atoms with van der Waals surface area (Å²) in [5.74, 6) is -0.254. The lowest BCUT2D eigenvalue weighted by molar-refractivity contribution is -0.139. The van der Waals surface area contributed by atoms with Crippen LogP contribution >= 0.6 is 0 Å². The lowest BCUT2D eigenvalue weighted by atomic mass is 10.2. The summed E-state index contributed by atoms with van der Waals surface area (Å²) in [6.07, 6.45) is 3.05.